The Hall–Kier alpha value is -4.09. The Balaban J connectivity index is 2.48. The number of rotatable bonds is 10. The molecule has 0 aliphatic heterocycles. The standard InChI is InChI=1S/C20H18F2N2O8/c1-2-24(20(31-16(29)9-14(25)26)32-17(30)10-15(27)28)13-7-6-11(21)18(19(13)22)12-5-3-4-8-23-12/h3-8,20H,2,9-10H2,1H3,(H,25,26)(H,27,28). The minimum atomic E-state index is -2.02. The molecule has 0 aliphatic rings. The largest absolute Gasteiger partial charge is 0.481 e. The van der Waals surface area contributed by atoms with Gasteiger partial charge in [0.25, 0.3) is 0 Å². The van der Waals surface area contributed by atoms with Crippen LogP contribution in [0.3, 0.4) is 0 Å². The summed E-state index contributed by atoms with van der Waals surface area (Å²) in [6.45, 7) is 1.28. The van der Waals surface area contributed by atoms with Gasteiger partial charge in [-0.15, -0.1) is 0 Å². The van der Waals surface area contributed by atoms with Crippen molar-refractivity contribution in [2.75, 3.05) is 11.4 Å². The Kier molecular flexibility index (Phi) is 8.16. The van der Waals surface area contributed by atoms with Crippen LogP contribution in [0.4, 0.5) is 14.5 Å². The van der Waals surface area contributed by atoms with Crippen molar-refractivity contribution in [2.45, 2.75) is 26.2 Å². The minimum absolute atomic E-state index is 0.0392. The number of hydrogen-bond acceptors (Lipinski definition) is 8. The summed E-state index contributed by atoms with van der Waals surface area (Å²) in [4.78, 5) is 50.0. The predicted molar refractivity (Wildman–Crippen MR) is 103 cm³/mol. The summed E-state index contributed by atoms with van der Waals surface area (Å²) >= 11 is 0. The van der Waals surface area contributed by atoms with Crippen LogP contribution in [0.25, 0.3) is 11.3 Å². The van der Waals surface area contributed by atoms with E-state index in [4.69, 9.17) is 19.7 Å². The Bertz CT molecular complexity index is 986. The number of halogens is 2. The van der Waals surface area contributed by atoms with Gasteiger partial charge in [0.2, 0.25) is 0 Å². The molecule has 1 heterocycles. The first-order chi connectivity index (χ1) is 15.1. The molecule has 0 saturated heterocycles. The maximum Gasteiger partial charge on any atom is 0.332 e. The lowest BCUT2D eigenvalue weighted by atomic mass is 10.1. The molecule has 1 aromatic heterocycles. The van der Waals surface area contributed by atoms with Crippen molar-refractivity contribution in [1.29, 1.82) is 0 Å². The lowest BCUT2D eigenvalue weighted by Gasteiger charge is -2.31. The third-order valence-electron chi connectivity index (χ3n) is 3.95. The predicted octanol–water partition coefficient (Wildman–Crippen LogP) is 2.17. The second-order valence-electron chi connectivity index (χ2n) is 6.18. The molecule has 0 saturated carbocycles. The highest BCUT2D eigenvalue weighted by molar-refractivity contribution is 5.91. The van der Waals surface area contributed by atoms with E-state index in [1.807, 2.05) is 0 Å². The van der Waals surface area contributed by atoms with E-state index in [1.165, 1.54) is 25.3 Å². The summed E-state index contributed by atoms with van der Waals surface area (Å²) in [5.74, 6) is -7.83. The maximum atomic E-state index is 15.3. The van der Waals surface area contributed by atoms with Crippen molar-refractivity contribution in [3.63, 3.8) is 0 Å². The summed E-state index contributed by atoms with van der Waals surface area (Å²) in [6.07, 6.45) is -2.90. The number of hydrogen-bond donors (Lipinski definition) is 2. The monoisotopic (exact) mass is 452 g/mol. The zero-order valence-electron chi connectivity index (χ0n) is 16.7. The van der Waals surface area contributed by atoms with Gasteiger partial charge >= 0.3 is 30.3 Å². The third-order valence-corrected chi connectivity index (χ3v) is 3.95. The highest BCUT2D eigenvalue weighted by Crippen LogP contribution is 2.32. The Labute approximate surface area is 180 Å². The van der Waals surface area contributed by atoms with Gasteiger partial charge < -0.3 is 24.6 Å². The fourth-order valence-corrected chi connectivity index (χ4v) is 2.65. The summed E-state index contributed by atoms with van der Waals surface area (Å²) < 4.78 is 39.4. The van der Waals surface area contributed by atoms with E-state index in [-0.39, 0.29) is 17.9 Å². The van der Waals surface area contributed by atoms with Gasteiger partial charge in [-0.05, 0) is 31.2 Å². The number of carboxylic acid groups (broad SMARTS) is 2. The maximum absolute atomic E-state index is 15.3. The van der Waals surface area contributed by atoms with E-state index >= 15 is 4.39 Å². The second-order valence-corrected chi connectivity index (χ2v) is 6.18. The number of benzene rings is 1. The lowest BCUT2D eigenvalue weighted by molar-refractivity contribution is -0.188. The van der Waals surface area contributed by atoms with Crippen LogP contribution >= 0.6 is 0 Å². The Morgan fingerprint density at radius 2 is 1.59 bits per heavy atom. The average molecular weight is 452 g/mol. The third kappa shape index (κ3) is 6.20. The number of esters is 2. The molecule has 2 N–H and O–H groups in total. The highest BCUT2D eigenvalue weighted by Gasteiger charge is 2.31. The summed E-state index contributed by atoms with van der Waals surface area (Å²) in [7, 11) is 0. The number of aromatic nitrogens is 1. The first kappa shape index (κ1) is 24.2. The summed E-state index contributed by atoms with van der Waals surface area (Å²) in [5, 5.41) is 17.5. The van der Waals surface area contributed by atoms with Crippen LogP contribution in [0.1, 0.15) is 19.8 Å². The van der Waals surface area contributed by atoms with Crippen molar-refractivity contribution in [2.24, 2.45) is 0 Å². The first-order valence-electron chi connectivity index (χ1n) is 9.12. The van der Waals surface area contributed by atoms with Gasteiger partial charge in [-0.2, -0.15) is 0 Å². The van der Waals surface area contributed by atoms with Crippen molar-refractivity contribution in [1.82, 2.24) is 4.98 Å². The van der Waals surface area contributed by atoms with Gasteiger partial charge in [0.05, 0.1) is 16.9 Å². The SMILES string of the molecule is CCN(c1ccc(F)c(-c2ccccn2)c1F)C(OC(=O)CC(=O)O)OC(=O)CC(=O)O. The molecule has 0 bridgehead atoms. The number of ether oxygens (including phenoxy) is 2. The van der Waals surface area contributed by atoms with Gasteiger partial charge in [0.1, 0.15) is 18.7 Å². The van der Waals surface area contributed by atoms with E-state index in [9.17, 15) is 23.6 Å². The fraction of sp³-hybridized carbons (Fsp3) is 0.250. The fourth-order valence-electron chi connectivity index (χ4n) is 2.65. The van der Waals surface area contributed by atoms with Gasteiger partial charge in [-0.1, -0.05) is 6.07 Å². The van der Waals surface area contributed by atoms with Gasteiger partial charge in [-0.3, -0.25) is 24.2 Å². The molecule has 0 amide bonds. The van der Waals surface area contributed by atoms with E-state index in [0.717, 1.165) is 17.0 Å². The number of pyridine rings is 1. The van der Waals surface area contributed by atoms with Gasteiger partial charge in [-0.25, -0.2) is 8.78 Å². The van der Waals surface area contributed by atoms with E-state index in [0.29, 0.717) is 0 Å². The van der Waals surface area contributed by atoms with Crippen LogP contribution in [0.2, 0.25) is 0 Å². The van der Waals surface area contributed by atoms with Gasteiger partial charge in [0.15, 0.2) is 5.82 Å². The molecular weight excluding hydrogens is 434 g/mol. The number of carbonyl (C=O) groups is 4. The molecule has 1 aromatic carbocycles. The van der Waals surface area contributed by atoms with Crippen molar-refractivity contribution < 1.29 is 47.6 Å². The molecule has 32 heavy (non-hydrogen) atoms. The van der Waals surface area contributed by atoms with E-state index in [1.54, 1.807) is 6.07 Å². The minimum Gasteiger partial charge on any atom is -0.481 e. The number of nitrogens with zero attached hydrogens (tertiary/aromatic N) is 2. The summed E-state index contributed by atoms with van der Waals surface area (Å²) in [6, 6.07) is 6.32. The smallest absolute Gasteiger partial charge is 0.332 e. The van der Waals surface area contributed by atoms with Gasteiger partial charge in [0, 0.05) is 12.7 Å². The second kappa shape index (κ2) is 10.8. The molecule has 12 heteroatoms. The van der Waals surface area contributed by atoms with Crippen molar-refractivity contribution in [3.05, 3.63) is 48.2 Å². The molecule has 170 valence electrons. The zero-order valence-corrected chi connectivity index (χ0v) is 16.7. The van der Waals surface area contributed by atoms with Crippen LogP contribution in [-0.4, -0.2) is 52.0 Å². The molecular formula is C20H18F2N2O8. The number of anilines is 1. The zero-order chi connectivity index (χ0) is 23.8. The van der Waals surface area contributed by atoms with E-state index in [2.05, 4.69) is 4.98 Å². The van der Waals surface area contributed by atoms with Crippen LogP contribution in [-0.2, 0) is 28.7 Å². The van der Waals surface area contributed by atoms with E-state index < -0.39 is 60.3 Å². The molecule has 2 rings (SSSR count). The van der Waals surface area contributed by atoms with Crippen LogP contribution < -0.4 is 4.90 Å². The molecule has 10 nitrogen and oxygen atoms in total. The van der Waals surface area contributed by atoms with Crippen LogP contribution in [0, 0.1) is 11.6 Å². The molecule has 0 radical (unpaired) electrons. The molecule has 0 unspecified atom stereocenters. The molecule has 0 spiro atoms. The summed E-state index contributed by atoms with van der Waals surface area (Å²) in [5.41, 5.74) is -0.914. The quantitative estimate of drug-likeness (QED) is 0.313. The number of aliphatic carboxylic acids is 2. The highest BCUT2D eigenvalue weighted by atomic mass is 19.1. The topological polar surface area (TPSA) is 143 Å². The normalized spacial score (nSPS) is 10.5. The molecule has 0 fully saturated rings. The van der Waals surface area contributed by atoms with Crippen molar-refractivity contribution >= 4 is 29.6 Å². The first-order valence-corrected chi connectivity index (χ1v) is 9.12. The van der Waals surface area contributed by atoms with Crippen molar-refractivity contribution in [3.8, 4) is 11.3 Å². The Morgan fingerprint density at radius 1 is 1.00 bits per heavy atom. The number of carboxylic acids is 2. The molecule has 0 atom stereocenters. The molecule has 2 aromatic rings. The molecule has 0 aliphatic carbocycles. The average Bonchev–Trinajstić information content (AvgIpc) is 2.69. The number of carbonyl (C=O) groups excluding carboxylic acids is 2. The van der Waals surface area contributed by atoms with Crippen LogP contribution in [0.5, 0.6) is 0 Å². The van der Waals surface area contributed by atoms with Crippen LogP contribution in [0.15, 0.2) is 36.5 Å². The lowest BCUT2D eigenvalue weighted by Crippen LogP contribution is -2.43. The Morgan fingerprint density at radius 3 is 2.06 bits per heavy atom.